The van der Waals surface area contributed by atoms with Gasteiger partial charge < -0.3 is 5.32 Å². The SMILES string of the molecule is CNC(C)c1csc(CC2CCCCS2)n1. The van der Waals surface area contributed by atoms with E-state index >= 15 is 0 Å². The van der Waals surface area contributed by atoms with Crippen molar-refractivity contribution in [2.24, 2.45) is 0 Å². The lowest BCUT2D eigenvalue weighted by atomic mass is 10.1. The van der Waals surface area contributed by atoms with E-state index in [-0.39, 0.29) is 0 Å². The van der Waals surface area contributed by atoms with Gasteiger partial charge in [-0.3, -0.25) is 0 Å². The van der Waals surface area contributed by atoms with Crippen molar-refractivity contribution in [3.05, 3.63) is 16.1 Å². The van der Waals surface area contributed by atoms with E-state index in [0.717, 1.165) is 5.25 Å². The van der Waals surface area contributed by atoms with Crippen molar-refractivity contribution >= 4 is 23.1 Å². The zero-order valence-corrected chi connectivity index (χ0v) is 11.7. The summed E-state index contributed by atoms with van der Waals surface area (Å²) < 4.78 is 0. The highest BCUT2D eigenvalue weighted by molar-refractivity contribution is 7.99. The van der Waals surface area contributed by atoms with Crippen LogP contribution >= 0.6 is 23.1 Å². The van der Waals surface area contributed by atoms with Crippen molar-refractivity contribution in [2.45, 2.75) is 43.9 Å². The maximum absolute atomic E-state index is 4.72. The van der Waals surface area contributed by atoms with Gasteiger partial charge in [0.15, 0.2) is 0 Å². The van der Waals surface area contributed by atoms with Crippen LogP contribution in [-0.4, -0.2) is 23.0 Å². The van der Waals surface area contributed by atoms with Gasteiger partial charge in [-0.2, -0.15) is 11.8 Å². The topological polar surface area (TPSA) is 24.9 Å². The van der Waals surface area contributed by atoms with Crippen LogP contribution in [0.3, 0.4) is 0 Å². The van der Waals surface area contributed by atoms with Gasteiger partial charge in [-0.15, -0.1) is 11.3 Å². The Balaban J connectivity index is 1.91. The molecule has 0 aromatic carbocycles. The number of hydrogen-bond donors (Lipinski definition) is 1. The van der Waals surface area contributed by atoms with Crippen LogP contribution in [0.5, 0.6) is 0 Å². The Morgan fingerprint density at radius 3 is 3.12 bits per heavy atom. The van der Waals surface area contributed by atoms with Crippen LogP contribution in [-0.2, 0) is 6.42 Å². The van der Waals surface area contributed by atoms with Crippen molar-refractivity contribution < 1.29 is 0 Å². The molecule has 4 heteroatoms. The average molecular weight is 256 g/mol. The minimum absolute atomic E-state index is 0.379. The van der Waals surface area contributed by atoms with E-state index < -0.39 is 0 Å². The maximum Gasteiger partial charge on any atom is 0.0940 e. The fourth-order valence-electron chi connectivity index (χ4n) is 1.93. The van der Waals surface area contributed by atoms with Gasteiger partial charge in [0.2, 0.25) is 0 Å². The molecular formula is C12H20N2S2. The zero-order chi connectivity index (χ0) is 11.4. The Hall–Kier alpha value is -0.0600. The van der Waals surface area contributed by atoms with Crippen LogP contribution in [0.25, 0.3) is 0 Å². The molecule has 1 aliphatic heterocycles. The number of thiazole rings is 1. The molecule has 2 nitrogen and oxygen atoms in total. The molecule has 90 valence electrons. The second-order valence-electron chi connectivity index (χ2n) is 4.37. The van der Waals surface area contributed by atoms with Crippen LogP contribution < -0.4 is 5.32 Å². The van der Waals surface area contributed by atoms with Crippen LogP contribution in [0.1, 0.15) is 42.9 Å². The third-order valence-corrected chi connectivity index (χ3v) is 5.41. The van der Waals surface area contributed by atoms with Crippen molar-refractivity contribution in [1.29, 1.82) is 0 Å². The third-order valence-electron chi connectivity index (χ3n) is 3.12. The Labute approximate surface area is 106 Å². The van der Waals surface area contributed by atoms with E-state index in [1.54, 1.807) is 0 Å². The summed E-state index contributed by atoms with van der Waals surface area (Å²) in [7, 11) is 1.99. The van der Waals surface area contributed by atoms with E-state index in [0.29, 0.717) is 6.04 Å². The van der Waals surface area contributed by atoms with Crippen molar-refractivity contribution in [3.63, 3.8) is 0 Å². The molecule has 2 atom stereocenters. The van der Waals surface area contributed by atoms with Crippen LogP contribution in [0.2, 0.25) is 0 Å². The van der Waals surface area contributed by atoms with Crippen LogP contribution in [0, 0.1) is 0 Å². The van der Waals surface area contributed by atoms with E-state index in [1.807, 2.05) is 18.4 Å². The minimum Gasteiger partial charge on any atom is -0.312 e. The van der Waals surface area contributed by atoms with Gasteiger partial charge in [0.05, 0.1) is 10.7 Å². The zero-order valence-electron chi connectivity index (χ0n) is 10.0. The number of thioether (sulfide) groups is 1. The summed E-state index contributed by atoms with van der Waals surface area (Å²) >= 11 is 3.95. The lowest BCUT2D eigenvalue weighted by Gasteiger charge is -2.19. The second kappa shape index (κ2) is 6.03. The lowest BCUT2D eigenvalue weighted by Crippen LogP contribution is -2.14. The molecule has 2 unspecified atom stereocenters. The van der Waals surface area contributed by atoms with E-state index in [2.05, 4.69) is 29.4 Å². The first kappa shape index (κ1) is 12.4. The Morgan fingerprint density at radius 2 is 2.44 bits per heavy atom. The molecular weight excluding hydrogens is 236 g/mol. The molecule has 1 N–H and O–H groups in total. The fraction of sp³-hybridized carbons (Fsp3) is 0.750. The smallest absolute Gasteiger partial charge is 0.0940 e. The summed E-state index contributed by atoms with van der Waals surface area (Å²) in [5, 5.41) is 7.57. The highest BCUT2D eigenvalue weighted by atomic mass is 32.2. The first-order chi connectivity index (χ1) is 7.79. The summed E-state index contributed by atoms with van der Waals surface area (Å²) in [6.07, 6.45) is 5.36. The Kier molecular flexibility index (Phi) is 4.67. The molecule has 16 heavy (non-hydrogen) atoms. The van der Waals surface area contributed by atoms with Crippen molar-refractivity contribution in [2.75, 3.05) is 12.8 Å². The summed E-state index contributed by atoms with van der Waals surface area (Å²) in [6, 6.07) is 0.379. The van der Waals surface area contributed by atoms with Gasteiger partial charge in [-0.25, -0.2) is 4.98 Å². The molecule has 1 aromatic rings. The van der Waals surface area contributed by atoms with E-state index in [1.165, 1.54) is 42.1 Å². The molecule has 1 fully saturated rings. The van der Waals surface area contributed by atoms with Crippen LogP contribution in [0.4, 0.5) is 0 Å². The molecule has 0 saturated carbocycles. The molecule has 0 radical (unpaired) electrons. The molecule has 0 bridgehead atoms. The molecule has 1 saturated heterocycles. The Morgan fingerprint density at radius 1 is 1.56 bits per heavy atom. The first-order valence-corrected chi connectivity index (χ1v) is 7.95. The molecule has 0 aliphatic carbocycles. The van der Waals surface area contributed by atoms with Gasteiger partial charge in [-0.1, -0.05) is 6.42 Å². The highest BCUT2D eigenvalue weighted by Crippen LogP contribution is 2.29. The second-order valence-corrected chi connectivity index (χ2v) is 6.72. The summed E-state index contributed by atoms with van der Waals surface area (Å²) in [4.78, 5) is 4.72. The third kappa shape index (κ3) is 3.22. The summed E-state index contributed by atoms with van der Waals surface area (Å²) in [5.74, 6) is 1.34. The molecule has 0 spiro atoms. The maximum atomic E-state index is 4.72. The highest BCUT2D eigenvalue weighted by Gasteiger charge is 2.16. The van der Waals surface area contributed by atoms with Gasteiger partial charge in [0.1, 0.15) is 0 Å². The number of nitrogens with zero attached hydrogens (tertiary/aromatic N) is 1. The molecule has 1 aliphatic rings. The van der Waals surface area contributed by atoms with Crippen molar-refractivity contribution in [3.8, 4) is 0 Å². The number of rotatable bonds is 4. The normalized spacial score (nSPS) is 23.2. The summed E-state index contributed by atoms with van der Waals surface area (Å²) in [6.45, 7) is 2.16. The Bertz CT molecular complexity index is 319. The summed E-state index contributed by atoms with van der Waals surface area (Å²) in [5.41, 5.74) is 1.20. The minimum atomic E-state index is 0.379. The first-order valence-electron chi connectivity index (χ1n) is 6.02. The van der Waals surface area contributed by atoms with Gasteiger partial charge in [-0.05, 0) is 32.6 Å². The van der Waals surface area contributed by atoms with E-state index in [9.17, 15) is 0 Å². The van der Waals surface area contributed by atoms with Crippen molar-refractivity contribution in [1.82, 2.24) is 10.3 Å². The van der Waals surface area contributed by atoms with E-state index in [4.69, 9.17) is 4.98 Å². The van der Waals surface area contributed by atoms with Gasteiger partial charge in [0.25, 0.3) is 0 Å². The number of nitrogens with one attached hydrogen (secondary N) is 1. The predicted octanol–water partition coefficient (Wildman–Crippen LogP) is 3.25. The van der Waals surface area contributed by atoms with Crippen LogP contribution in [0.15, 0.2) is 5.38 Å². The predicted molar refractivity (Wildman–Crippen MR) is 73.4 cm³/mol. The lowest BCUT2D eigenvalue weighted by molar-refractivity contribution is 0.628. The molecule has 2 rings (SSSR count). The van der Waals surface area contributed by atoms with Gasteiger partial charge in [0, 0.05) is 23.1 Å². The fourth-order valence-corrected chi connectivity index (χ4v) is 4.32. The number of aromatic nitrogens is 1. The monoisotopic (exact) mass is 256 g/mol. The quantitative estimate of drug-likeness (QED) is 0.895. The molecule has 1 aromatic heterocycles. The standard InChI is InChI=1S/C12H20N2S2/c1-9(13-2)11-8-16-12(14-11)7-10-5-3-4-6-15-10/h8-10,13H,3-7H2,1-2H3. The average Bonchev–Trinajstić information content (AvgIpc) is 2.78. The molecule has 0 amide bonds. The largest absolute Gasteiger partial charge is 0.312 e. The van der Waals surface area contributed by atoms with Gasteiger partial charge >= 0.3 is 0 Å². The number of hydrogen-bond acceptors (Lipinski definition) is 4. The molecule has 2 heterocycles.